The summed E-state index contributed by atoms with van der Waals surface area (Å²) < 4.78 is 0. The van der Waals surface area contributed by atoms with E-state index in [0.717, 1.165) is 18.4 Å². The van der Waals surface area contributed by atoms with Gasteiger partial charge in [0.15, 0.2) is 0 Å². The first kappa shape index (κ1) is 14.3. The third-order valence-corrected chi connectivity index (χ3v) is 4.52. The number of aliphatic hydroxyl groups excluding tert-OH is 1. The van der Waals surface area contributed by atoms with Gasteiger partial charge in [-0.15, -0.1) is 0 Å². The molecule has 2 fully saturated rings. The van der Waals surface area contributed by atoms with E-state index < -0.39 is 0 Å². The highest BCUT2D eigenvalue weighted by atomic mass is 16.3. The minimum atomic E-state index is 0.257. The first-order chi connectivity index (χ1) is 8.78. The molecule has 2 rings (SSSR count). The van der Waals surface area contributed by atoms with E-state index in [-0.39, 0.29) is 6.61 Å². The summed E-state index contributed by atoms with van der Waals surface area (Å²) in [4.78, 5) is 2.67. The van der Waals surface area contributed by atoms with Gasteiger partial charge in [0, 0.05) is 32.2 Å². The van der Waals surface area contributed by atoms with E-state index in [4.69, 9.17) is 5.11 Å². The van der Waals surface area contributed by atoms with Gasteiger partial charge in [0.2, 0.25) is 0 Å². The fourth-order valence-electron chi connectivity index (χ4n) is 3.76. The molecular formula is C15H30N2O. The van der Waals surface area contributed by atoms with Crippen molar-refractivity contribution in [1.82, 2.24) is 10.2 Å². The van der Waals surface area contributed by atoms with Gasteiger partial charge in [0.1, 0.15) is 0 Å². The predicted molar refractivity (Wildman–Crippen MR) is 75.7 cm³/mol. The standard InChI is InChI=1S/C15H30N2O/c1-13-9-15(16-7-8-18)12-17(10-13)11-14-5-3-2-4-6-14/h13-16,18H,2-12H2,1H3. The van der Waals surface area contributed by atoms with Crippen LogP contribution in [-0.4, -0.2) is 48.8 Å². The van der Waals surface area contributed by atoms with Crippen molar-refractivity contribution in [1.29, 1.82) is 0 Å². The molecule has 0 radical (unpaired) electrons. The molecule has 1 heterocycles. The van der Waals surface area contributed by atoms with Crippen molar-refractivity contribution in [3.05, 3.63) is 0 Å². The van der Waals surface area contributed by atoms with Crippen molar-refractivity contribution in [3.8, 4) is 0 Å². The molecule has 106 valence electrons. The van der Waals surface area contributed by atoms with Gasteiger partial charge in [0.25, 0.3) is 0 Å². The summed E-state index contributed by atoms with van der Waals surface area (Å²) in [5, 5.41) is 12.4. The molecule has 1 saturated carbocycles. The highest BCUT2D eigenvalue weighted by molar-refractivity contribution is 4.83. The van der Waals surface area contributed by atoms with Crippen LogP contribution in [0.3, 0.4) is 0 Å². The topological polar surface area (TPSA) is 35.5 Å². The van der Waals surface area contributed by atoms with E-state index in [0.29, 0.717) is 6.04 Å². The second kappa shape index (κ2) is 7.46. The minimum Gasteiger partial charge on any atom is -0.395 e. The summed E-state index contributed by atoms with van der Waals surface area (Å²) >= 11 is 0. The van der Waals surface area contributed by atoms with Crippen molar-refractivity contribution < 1.29 is 5.11 Å². The van der Waals surface area contributed by atoms with Crippen molar-refractivity contribution in [2.24, 2.45) is 11.8 Å². The molecule has 2 aliphatic rings. The summed E-state index contributed by atoms with van der Waals surface area (Å²) in [7, 11) is 0. The first-order valence-corrected chi connectivity index (χ1v) is 7.84. The molecule has 3 heteroatoms. The lowest BCUT2D eigenvalue weighted by atomic mass is 9.87. The van der Waals surface area contributed by atoms with E-state index in [2.05, 4.69) is 17.1 Å². The largest absolute Gasteiger partial charge is 0.395 e. The lowest BCUT2D eigenvalue weighted by molar-refractivity contribution is 0.116. The van der Waals surface area contributed by atoms with Gasteiger partial charge in [-0.25, -0.2) is 0 Å². The van der Waals surface area contributed by atoms with Gasteiger partial charge in [-0.05, 0) is 31.1 Å². The Bertz CT molecular complexity index is 229. The zero-order valence-electron chi connectivity index (χ0n) is 11.9. The zero-order valence-corrected chi connectivity index (χ0v) is 11.9. The molecule has 0 aromatic rings. The first-order valence-electron chi connectivity index (χ1n) is 7.84. The molecule has 0 aromatic carbocycles. The summed E-state index contributed by atoms with van der Waals surface area (Å²) in [5.74, 6) is 1.74. The van der Waals surface area contributed by atoms with Crippen LogP contribution in [-0.2, 0) is 0 Å². The molecule has 1 aliphatic carbocycles. The monoisotopic (exact) mass is 254 g/mol. The van der Waals surface area contributed by atoms with Crippen molar-refractivity contribution in [2.45, 2.75) is 51.5 Å². The van der Waals surface area contributed by atoms with Crippen LogP contribution >= 0.6 is 0 Å². The van der Waals surface area contributed by atoms with Crippen LogP contribution in [0.1, 0.15) is 45.4 Å². The Labute approximate surface area is 112 Å². The normalized spacial score (nSPS) is 31.7. The summed E-state index contributed by atoms with van der Waals surface area (Å²) in [6.45, 7) is 7.12. The summed E-state index contributed by atoms with van der Waals surface area (Å²) in [6, 6.07) is 0.587. The lowest BCUT2D eigenvalue weighted by Crippen LogP contribution is -2.50. The number of likely N-dealkylation sites (tertiary alicyclic amines) is 1. The minimum absolute atomic E-state index is 0.257. The van der Waals surface area contributed by atoms with Gasteiger partial charge in [0.05, 0.1) is 6.61 Å². The number of nitrogens with zero attached hydrogens (tertiary/aromatic N) is 1. The second-order valence-electron chi connectivity index (χ2n) is 6.44. The van der Waals surface area contributed by atoms with E-state index in [1.54, 1.807) is 0 Å². The van der Waals surface area contributed by atoms with Gasteiger partial charge in [-0.2, -0.15) is 0 Å². The predicted octanol–water partition coefficient (Wildman–Crippen LogP) is 1.86. The lowest BCUT2D eigenvalue weighted by Gasteiger charge is -2.39. The highest BCUT2D eigenvalue weighted by Gasteiger charge is 2.26. The average Bonchev–Trinajstić information content (AvgIpc) is 2.37. The SMILES string of the molecule is CC1CC(NCCO)CN(CC2CCCCC2)C1. The van der Waals surface area contributed by atoms with Crippen LogP contribution in [0, 0.1) is 11.8 Å². The average molecular weight is 254 g/mol. The van der Waals surface area contributed by atoms with E-state index in [1.165, 1.54) is 58.2 Å². The van der Waals surface area contributed by atoms with Crippen LogP contribution in [0.2, 0.25) is 0 Å². The second-order valence-corrected chi connectivity index (χ2v) is 6.44. The number of aliphatic hydroxyl groups is 1. The number of hydrogen-bond donors (Lipinski definition) is 2. The molecular weight excluding hydrogens is 224 g/mol. The van der Waals surface area contributed by atoms with Crippen molar-refractivity contribution in [2.75, 3.05) is 32.8 Å². The van der Waals surface area contributed by atoms with Crippen LogP contribution in [0.4, 0.5) is 0 Å². The fourth-order valence-corrected chi connectivity index (χ4v) is 3.76. The van der Waals surface area contributed by atoms with Crippen LogP contribution in [0.25, 0.3) is 0 Å². The van der Waals surface area contributed by atoms with Crippen molar-refractivity contribution in [3.63, 3.8) is 0 Å². The van der Waals surface area contributed by atoms with Crippen molar-refractivity contribution >= 4 is 0 Å². The Morgan fingerprint density at radius 3 is 2.67 bits per heavy atom. The number of hydrogen-bond acceptors (Lipinski definition) is 3. The van der Waals surface area contributed by atoms with Crippen LogP contribution < -0.4 is 5.32 Å². The molecule has 0 amide bonds. The molecule has 0 bridgehead atoms. The maximum absolute atomic E-state index is 8.91. The smallest absolute Gasteiger partial charge is 0.0556 e. The zero-order chi connectivity index (χ0) is 12.8. The molecule has 3 nitrogen and oxygen atoms in total. The fraction of sp³-hybridized carbons (Fsp3) is 1.00. The maximum Gasteiger partial charge on any atom is 0.0556 e. The molecule has 2 N–H and O–H groups in total. The molecule has 1 saturated heterocycles. The summed E-state index contributed by atoms with van der Waals surface area (Å²) in [6.07, 6.45) is 8.49. The molecule has 2 unspecified atom stereocenters. The Kier molecular flexibility index (Phi) is 5.93. The Balaban J connectivity index is 1.76. The third-order valence-electron chi connectivity index (χ3n) is 4.52. The molecule has 0 spiro atoms. The number of rotatable bonds is 5. The van der Waals surface area contributed by atoms with Gasteiger partial charge in [-0.1, -0.05) is 26.2 Å². The Hall–Kier alpha value is -0.120. The quantitative estimate of drug-likeness (QED) is 0.786. The summed E-state index contributed by atoms with van der Waals surface area (Å²) in [5.41, 5.74) is 0. The number of piperidine rings is 1. The molecule has 1 aliphatic heterocycles. The Morgan fingerprint density at radius 1 is 1.17 bits per heavy atom. The van der Waals surface area contributed by atoms with Crippen LogP contribution in [0.5, 0.6) is 0 Å². The molecule has 2 atom stereocenters. The molecule has 0 aromatic heterocycles. The van der Waals surface area contributed by atoms with E-state index in [9.17, 15) is 0 Å². The Morgan fingerprint density at radius 2 is 1.94 bits per heavy atom. The van der Waals surface area contributed by atoms with E-state index >= 15 is 0 Å². The van der Waals surface area contributed by atoms with Gasteiger partial charge >= 0.3 is 0 Å². The maximum atomic E-state index is 8.91. The number of nitrogens with one attached hydrogen (secondary N) is 1. The van der Waals surface area contributed by atoms with Gasteiger partial charge in [-0.3, -0.25) is 0 Å². The third kappa shape index (κ3) is 4.52. The van der Waals surface area contributed by atoms with E-state index in [1.807, 2.05) is 0 Å². The molecule has 18 heavy (non-hydrogen) atoms. The van der Waals surface area contributed by atoms with Crippen LogP contribution in [0.15, 0.2) is 0 Å². The highest BCUT2D eigenvalue weighted by Crippen LogP contribution is 2.26. The van der Waals surface area contributed by atoms with Gasteiger partial charge < -0.3 is 15.3 Å².